The molecule has 1 N–H and O–H groups in total. The second-order valence-electron chi connectivity index (χ2n) is 8.20. The molecule has 12 heteroatoms. The molecule has 1 atom stereocenters. The van der Waals surface area contributed by atoms with Crippen molar-refractivity contribution >= 4 is 16.0 Å². The van der Waals surface area contributed by atoms with Crippen LogP contribution in [-0.2, 0) is 34.0 Å². The lowest BCUT2D eigenvalue weighted by atomic mass is 9.93. The summed E-state index contributed by atoms with van der Waals surface area (Å²) >= 11 is 0. The first-order valence-electron chi connectivity index (χ1n) is 10.5. The first kappa shape index (κ1) is 24.7. The topological polar surface area (TPSA) is 93.7 Å². The number of aliphatic carboxylic acids is 1. The number of nitrogens with zero attached hydrogens (tertiary/aromatic N) is 3. The maximum Gasteiger partial charge on any atom is 0.416 e. The molecule has 0 saturated heterocycles. The zero-order valence-electron chi connectivity index (χ0n) is 18.4. The second kappa shape index (κ2) is 8.98. The van der Waals surface area contributed by atoms with Crippen LogP contribution in [0.15, 0.2) is 47.4 Å². The molecule has 2 aromatic carbocycles. The molecule has 1 heterocycles. The molecule has 4 rings (SSSR count). The summed E-state index contributed by atoms with van der Waals surface area (Å²) in [5.41, 5.74) is -0.0377. The molecule has 0 bridgehead atoms. The average molecular weight is 510 g/mol. The van der Waals surface area contributed by atoms with E-state index in [2.05, 4.69) is 11.3 Å². The number of fused-ring (bicyclic) bond motifs is 1. The molecule has 0 saturated carbocycles. The van der Waals surface area contributed by atoms with Crippen LogP contribution < -0.4 is 5.10 Å². The van der Waals surface area contributed by atoms with Gasteiger partial charge in [-0.3, -0.25) is 4.79 Å². The Morgan fingerprint density at radius 2 is 1.89 bits per heavy atom. The molecule has 0 unspecified atom stereocenters. The van der Waals surface area contributed by atoms with Gasteiger partial charge in [0.2, 0.25) is 10.0 Å². The molecule has 0 spiro atoms. The molecule has 0 fully saturated rings. The highest BCUT2D eigenvalue weighted by molar-refractivity contribution is 7.89. The minimum absolute atomic E-state index is 0.0306. The number of hydrogen-bond acceptors (Lipinski definition) is 3. The van der Waals surface area contributed by atoms with Gasteiger partial charge in [0.05, 0.1) is 21.6 Å². The van der Waals surface area contributed by atoms with Crippen LogP contribution in [0.25, 0.3) is 11.1 Å². The number of aromatic nitrogens is 2. The molecular weight excluding hydrogens is 490 g/mol. The van der Waals surface area contributed by atoms with Crippen LogP contribution in [-0.4, -0.2) is 35.5 Å². The maximum absolute atomic E-state index is 13.6. The van der Waals surface area contributed by atoms with Crippen molar-refractivity contribution in [1.29, 1.82) is 0 Å². The van der Waals surface area contributed by atoms with Crippen molar-refractivity contribution in [2.75, 3.05) is 7.05 Å². The average Bonchev–Trinajstić information content (AvgIpc) is 3.20. The third kappa shape index (κ3) is 4.87. The number of carboxylic acid groups (broad SMARTS) is 1. The molecule has 35 heavy (non-hydrogen) atoms. The summed E-state index contributed by atoms with van der Waals surface area (Å²) in [6.07, 6.45) is -0.760. The Bertz CT molecular complexity index is 1370. The predicted octanol–water partition coefficient (Wildman–Crippen LogP) is 3.50. The van der Waals surface area contributed by atoms with E-state index in [1.807, 2.05) is 0 Å². The lowest BCUT2D eigenvalue weighted by molar-refractivity contribution is -0.417. The Kier molecular flexibility index (Phi) is 6.33. The SMILES string of the molecule is CN([C@@H]1CCCc2c1c#[n+]n2CC(=O)O)S(=O)(=O)c1cc(-c2ccc(F)cc2)cc(C(F)(F)F)c1. The van der Waals surface area contributed by atoms with E-state index in [9.17, 15) is 30.8 Å². The van der Waals surface area contributed by atoms with E-state index >= 15 is 0 Å². The van der Waals surface area contributed by atoms with Gasteiger partial charge < -0.3 is 5.11 Å². The number of carbonyl (C=O) groups is 1. The molecule has 3 aromatic rings. The van der Waals surface area contributed by atoms with E-state index in [1.165, 1.54) is 23.9 Å². The van der Waals surface area contributed by atoms with Crippen molar-refractivity contribution in [3.8, 4) is 11.1 Å². The van der Waals surface area contributed by atoms with Crippen LogP contribution in [0.2, 0.25) is 0 Å². The van der Waals surface area contributed by atoms with Gasteiger partial charge in [0.15, 0.2) is 6.54 Å². The minimum atomic E-state index is -4.82. The third-order valence-corrected chi connectivity index (χ3v) is 7.79. The minimum Gasteiger partial charge on any atom is -0.480 e. The van der Waals surface area contributed by atoms with E-state index in [0.717, 1.165) is 28.6 Å². The lowest BCUT2D eigenvalue weighted by Crippen LogP contribution is -2.34. The lowest BCUT2D eigenvalue weighted by Gasteiger charge is -2.29. The first-order valence-corrected chi connectivity index (χ1v) is 12.0. The van der Waals surface area contributed by atoms with Crippen LogP contribution in [0, 0.1) is 12.0 Å². The Balaban J connectivity index is 1.77. The van der Waals surface area contributed by atoms with Crippen molar-refractivity contribution in [3.05, 3.63) is 71.3 Å². The standard InChI is InChI=1S/C23H19F4N3O4S/c1-29(20-3-2-4-21-19(20)12-28-30(21)13-22(31)32)35(33,34)18-10-15(9-16(11-18)23(25,26)27)14-5-7-17(24)8-6-14/h5-11,20H,2-4,13H2,1H3/p+1/t20-/m1/s1. The summed E-state index contributed by atoms with van der Waals surface area (Å²) in [5, 5.41) is 13.0. The van der Waals surface area contributed by atoms with Gasteiger partial charge in [0.25, 0.3) is 0 Å². The fourth-order valence-corrected chi connectivity index (χ4v) is 5.62. The van der Waals surface area contributed by atoms with E-state index in [4.69, 9.17) is 5.11 Å². The Labute approximate surface area is 198 Å². The molecule has 0 radical (unpaired) electrons. The van der Waals surface area contributed by atoms with E-state index in [1.54, 1.807) is 0 Å². The van der Waals surface area contributed by atoms with Crippen LogP contribution in [0.5, 0.6) is 0 Å². The van der Waals surface area contributed by atoms with Gasteiger partial charge in [-0.25, -0.2) is 12.8 Å². The number of halogens is 4. The van der Waals surface area contributed by atoms with Gasteiger partial charge >= 0.3 is 18.3 Å². The van der Waals surface area contributed by atoms with Gasteiger partial charge in [-0.1, -0.05) is 12.1 Å². The van der Waals surface area contributed by atoms with Gasteiger partial charge in [0, 0.05) is 7.05 Å². The van der Waals surface area contributed by atoms with Crippen LogP contribution in [0.3, 0.4) is 0 Å². The maximum atomic E-state index is 13.6. The molecular formula is C23H20F4N3O4S+. The molecule has 7 nitrogen and oxygen atoms in total. The van der Waals surface area contributed by atoms with E-state index in [-0.39, 0.29) is 11.1 Å². The van der Waals surface area contributed by atoms with E-state index in [0.29, 0.717) is 36.6 Å². The first-order chi connectivity index (χ1) is 16.4. The zero-order valence-corrected chi connectivity index (χ0v) is 19.2. The summed E-state index contributed by atoms with van der Waals surface area (Å²) in [6, 6.07) is 6.41. The molecule has 1 aliphatic rings. The van der Waals surface area contributed by atoms with Crippen molar-refractivity contribution < 1.29 is 41.0 Å². The third-order valence-electron chi connectivity index (χ3n) is 5.95. The Morgan fingerprint density at radius 1 is 1.20 bits per heavy atom. The highest BCUT2D eigenvalue weighted by atomic mass is 32.2. The molecule has 1 aliphatic carbocycles. The second-order valence-corrected chi connectivity index (χ2v) is 10.2. The van der Waals surface area contributed by atoms with Crippen LogP contribution in [0.4, 0.5) is 17.6 Å². The summed E-state index contributed by atoms with van der Waals surface area (Å²) < 4.78 is 83.5. The Morgan fingerprint density at radius 3 is 2.51 bits per heavy atom. The van der Waals surface area contributed by atoms with Crippen LogP contribution >= 0.6 is 0 Å². The number of rotatable bonds is 6. The molecule has 0 amide bonds. The normalized spacial score (nSPS) is 16.1. The highest BCUT2D eigenvalue weighted by Crippen LogP contribution is 2.38. The van der Waals surface area contributed by atoms with E-state index < -0.39 is 51.0 Å². The van der Waals surface area contributed by atoms with Crippen LogP contribution in [0.1, 0.15) is 35.7 Å². The van der Waals surface area contributed by atoms with Crippen molar-refractivity contribution in [3.63, 3.8) is 0 Å². The Hall–Kier alpha value is -3.43. The monoisotopic (exact) mass is 510 g/mol. The number of hydrogen-bond donors (Lipinski definition) is 1. The van der Waals surface area contributed by atoms with Gasteiger partial charge in [0.1, 0.15) is 17.1 Å². The smallest absolute Gasteiger partial charge is 0.416 e. The molecule has 184 valence electrons. The summed E-state index contributed by atoms with van der Waals surface area (Å²) in [7, 11) is -3.17. The number of benzene rings is 2. The fraction of sp³-hybridized carbons (Fsp3) is 0.304. The number of alkyl halides is 3. The van der Waals surface area contributed by atoms with Gasteiger partial charge in [-0.2, -0.15) is 17.5 Å². The fourth-order valence-electron chi connectivity index (χ4n) is 4.19. The molecule has 0 aliphatic heterocycles. The zero-order chi connectivity index (χ0) is 25.5. The van der Waals surface area contributed by atoms with Crippen molar-refractivity contribution in [2.24, 2.45) is 0 Å². The number of sulfonamides is 1. The van der Waals surface area contributed by atoms with Gasteiger partial charge in [-0.15, -0.1) is 0 Å². The quantitative estimate of drug-likeness (QED) is 0.513. The summed E-state index contributed by atoms with van der Waals surface area (Å²) in [6.45, 7) is -0.413. The van der Waals surface area contributed by atoms with Crippen molar-refractivity contribution in [2.45, 2.75) is 42.9 Å². The van der Waals surface area contributed by atoms with Crippen molar-refractivity contribution in [1.82, 2.24) is 8.99 Å². The predicted molar refractivity (Wildman–Crippen MR) is 114 cm³/mol. The number of carboxylic acids is 1. The highest BCUT2D eigenvalue weighted by Gasteiger charge is 2.39. The summed E-state index contributed by atoms with van der Waals surface area (Å²) in [5.74, 6) is -1.70. The molecule has 1 aromatic heterocycles. The van der Waals surface area contributed by atoms with Gasteiger partial charge in [-0.05, 0) is 65.4 Å². The summed E-state index contributed by atoms with van der Waals surface area (Å²) in [4.78, 5) is 10.5. The largest absolute Gasteiger partial charge is 0.480 e.